The Morgan fingerprint density at radius 1 is 0.688 bits per heavy atom. The minimum Gasteiger partial charge on any atom is -0.479 e. The minimum absolute atomic E-state index is 0.0171. The number of carbonyl (C=O) groups is 11. The molecular weight excluding hydrogens is 867 g/mol. The van der Waals surface area contributed by atoms with Crippen molar-refractivity contribution in [2.75, 3.05) is 64.8 Å². The summed E-state index contributed by atoms with van der Waals surface area (Å²) in [7, 11) is -4.20. The van der Waals surface area contributed by atoms with E-state index in [1.807, 2.05) is 0 Å². The number of ether oxygens (including phenoxy) is 1. The maximum absolute atomic E-state index is 13.2. The molecule has 2 aliphatic heterocycles. The van der Waals surface area contributed by atoms with Gasteiger partial charge >= 0.3 is 5.97 Å². The average Bonchev–Trinajstić information content (AvgIpc) is 3.98. The third-order valence-corrected chi connectivity index (χ3v) is 11.5. The van der Waals surface area contributed by atoms with Crippen molar-refractivity contribution in [1.82, 2.24) is 46.0 Å². The summed E-state index contributed by atoms with van der Waals surface area (Å²) in [6.45, 7) is -3.84. The Morgan fingerprint density at radius 2 is 1.19 bits per heavy atom. The van der Waals surface area contributed by atoms with E-state index in [1.165, 1.54) is 0 Å². The molecule has 1 aromatic rings. The van der Waals surface area contributed by atoms with Crippen LogP contribution in [0.5, 0.6) is 0 Å². The second-order valence-corrected chi connectivity index (χ2v) is 16.6. The van der Waals surface area contributed by atoms with E-state index < -0.39 is 132 Å². The number of carboxylic acid groups (broad SMARTS) is 1. The van der Waals surface area contributed by atoms with Crippen molar-refractivity contribution >= 4 is 75.1 Å². The van der Waals surface area contributed by atoms with Crippen LogP contribution in [-0.4, -0.2) is 170 Å². The zero-order chi connectivity index (χ0) is 46.8. The fourth-order valence-electron chi connectivity index (χ4n) is 6.07. The molecule has 0 radical (unpaired) electrons. The zero-order valence-corrected chi connectivity index (χ0v) is 35.3. The fraction of sp³-hybridized carbons (Fsp3) is 0.462. The largest absolute Gasteiger partial charge is 0.479 e. The van der Waals surface area contributed by atoms with Crippen molar-refractivity contribution in [3.63, 3.8) is 0 Å². The van der Waals surface area contributed by atoms with Gasteiger partial charge in [0.1, 0.15) is 12.8 Å². The number of hydrogen-bond donors (Lipinski definition) is 7. The number of rotatable bonds is 28. The molecule has 4 rings (SSSR count). The van der Waals surface area contributed by atoms with Crippen molar-refractivity contribution in [2.24, 2.45) is 5.92 Å². The normalized spacial score (nSPS) is 15.5. The SMILES string of the molecule is O=C(CCC(=O)NCC(=O)NCC(=O)N[C@@H](Cc1ccccc1)C(=O)NCC(=O)NCO[C@H](C(=O)O)C1CC1)NCCS(=O)(=O)N(CCN1C(=O)C=CC1=O)CCN1C(=O)C=CC1=O. The molecule has 1 fully saturated rings. The summed E-state index contributed by atoms with van der Waals surface area (Å²) in [6.07, 6.45) is 3.70. The molecule has 2 heterocycles. The molecule has 3 aliphatic rings. The fourth-order valence-corrected chi connectivity index (χ4v) is 7.40. The summed E-state index contributed by atoms with van der Waals surface area (Å²) in [6, 6.07) is 7.42. The Balaban J connectivity index is 1.14. The van der Waals surface area contributed by atoms with Crippen LogP contribution in [0, 0.1) is 5.92 Å². The third-order valence-electron chi connectivity index (χ3n) is 9.68. The van der Waals surface area contributed by atoms with Crippen molar-refractivity contribution < 1.29 is 71.0 Å². The van der Waals surface area contributed by atoms with Crippen LogP contribution in [0.2, 0.25) is 0 Å². The summed E-state index contributed by atoms with van der Waals surface area (Å²) in [5.41, 5.74) is 0.666. The van der Waals surface area contributed by atoms with E-state index in [0.29, 0.717) is 18.4 Å². The van der Waals surface area contributed by atoms with Crippen molar-refractivity contribution in [3.8, 4) is 0 Å². The maximum atomic E-state index is 13.2. The van der Waals surface area contributed by atoms with Gasteiger partial charge in [-0.05, 0) is 24.3 Å². The van der Waals surface area contributed by atoms with Gasteiger partial charge in [0.05, 0.1) is 25.4 Å². The molecule has 0 unspecified atom stereocenters. The first-order chi connectivity index (χ1) is 30.4. The Morgan fingerprint density at radius 3 is 1.73 bits per heavy atom. The first kappa shape index (κ1) is 49.8. The minimum atomic E-state index is -4.20. The number of carboxylic acids is 1. The van der Waals surface area contributed by atoms with Gasteiger partial charge in [-0.2, -0.15) is 4.31 Å². The number of hydrogen-bond acceptors (Lipinski definition) is 14. The van der Waals surface area contributed by atoms with E-state index >= 15 is 0 Å². The molecule has 1 aromatic carbocycles. The first-order valence-corrected chi connectivity index (χ1v) is 21.6. The number of carbonyl (C=O) groups excluding carboxylic acids is 10. The van der Waals surface area contributed by atoms with Gasteiger partial charge in [0.2, 0.25) is 45.5 Å². The standard InChI is InChI=1S/C39H49N9O15S/c49-28(40-14-19-64(61,62)46(15-17-47-33(54)10-11-34(47)55)16-18-48-35(56)12-13-36(48)57)8-9-29(50)41-21-30(51)42-23-32(53)45-27(20-25-4-2-1-3-5-25)38(58)43-22-31(52)44-24-63-37(39(59)60)26-6-7-26/h1-5,10-13,26-27,37H,6-9,14-24H2,(H,40,49)(H,41,50)(H,42,51)(H,43,58)(H,44,52)(H,45,53)(H,59,60)/t27-,37-/m0/s1. The number of amides is 10. The molecule has 0 aromatic heterocycles. The molecule has 64 heavy (non-hydrogen) atoms. The van der Waals surface area contributed by atoms with Gasteiger partial charge in [0.25, 0.3) is 23.6 Å². The van der Waals surface area contributed by atoms with Crippen molar-refractivity contribution in [3.05, 3.63) is 60.2 Å². The average molecular weight is 916 g/mol. The number of aliphatic carboxylic acids is 1. The van der Waals surface area contributed by atoms with Gasteiger partial charge < -0.3 is 41.7 Å². The predicted octanol–water partition coefficient (Wildman–Crippen LogP) is -4.61. The summed E-state index contributed by atoms with van der Waals surface area (Å²) in [4.78, 5) is 136. The van der Waals surface area contributed by atoms with E-state index in [2.05, 4.69) is 31.9 Å². The maximum Gasteiger partial charge on any atom is 0.333 e. The number of sulfonamides is 1. The van der Waals surface area contributed by atoms with Gasteiger partial charge in [0.15, 0.2) is 6.10 Å². The highest BCUT2D eigenvalue weighted by Gasteiger charge is 2.37. The summed E-state index contributed by atoms with van der Waals surface area (Å²) in [5, 5.41) is 23.4. The molecule has 0 bridgehead atoms. The van der Waals surface area contributed by atoms with Crippen LogP contribution in [0.3, 0.4) is 0 Å². The topological polar surface area (TPSA) is 333 Å². The van der Waals surface area contributed by atoms with E-state index in [1.54, 1.807) is 30.3 Å². The van der Waals surface area contributed by atoms with Gasteiger partial charge in [-0.3, -0.25) is 57.7 Å². The molecule has 346 valence electrons. The highest BCUT2D eigenvalue weighted by Crippen LogP contribution is 2.34. The Labute approximate surface area is 366 Å². The van der Waals surface area contributed by atoms with E-state index in [-0.39, 0.29) is 45.2 Å². The first-order valence-electron chi connectivity index (χ1n) is 20.0. The van der Waals surface area contributed by atoms with Crippen LogP contribution in [0.4, 0.5) is 0 Å². The van der Waals surface area contributed by atoms with Gasteiger partial charge in [-0.25, -0.2) is 13.2 Å². The molecule has 1 aliphatic carbocycles. The number of nitrogens with zero attached hydrogens (tertiary/aromatic N) is 3. The smallest absolute Gasteiger partial charge is 0.333 e. The second kappa shape index (κ2) is 24.1. The molecule has 10 amide bonds. The zero-order valence-electron chi connectivity index (χ0n) is 34.4. The quantitative estimate of drug-likeness (QED) is 0.0307. The number of imide groups is 2. The highest BCUT2D eigenvalue weighted by molar-refractivity contribution is 7.89. The van der Waals surface area contributed by atoms with Crippen molar-refractivity contribution in [2.45, 2.75) is 44.2 Å². The monoisotopic (exact) mass is 915 g/mol. The van der Waals surface area contributed by atoms with Crippen LogP contribution in [-0.2, 0) is 73.9 Å². The molecule has 25 heteroatoms. The molecule has 0 spiro atoms. The molecule has 1 saturated carbocycles. The van der Waals surface area contributed by atoms with Crippen molar-refractivity contribution in [1.29, 1.82) is 0 Å². The van der Waals surface area contributed by atoms with Crippen LogP contribution < -0.4 is 31.9 Å². The lowest BCUT2D eigenvalue weighted by Crippen LogP contribution is -2.52. The molecule has 7 N–H and O–H groups in total. The van der Waals surface area contributed by atoms with E-state index in [9.17, 15) is 66.3 Å². The van der Waals surface area contributed by atoms with E-state index in [0.717, 1.165) is 38.4 Å². The summed E-state index contributed by atoms with van der Waals surface area (Å²) >= 11 is 0. The molecule has 0 saturated heterocycles. The summed E-state index contributed by atoms with van der Waals surface area (Å²) in [5.74, 6) is -8.89. The predicted molar refractivity (Wildman–Crippen MR) is 219 cm³/mol. The Bertz CT molecular complexity index is 2060. The van der Waals surface area contributed by atoms with Gasteiger partial charge in [-0.15, -0.1) is 0 Å². The molecular formula is C39H49N9O15S. The van der Waals surface area contributed by atoms with Crippen LogP contribution in [0.1, 0.15) is 31.2 Å². The van der Waals surface area contributed by atoms with Gasteiger partial charge in [-0.1, -0.05) is 30.3 Å². The highest BCUT2D eigenvalue weighted by atomic mass is 32.2. The lowest BCUT2D eigenvalue weighted by molar-refractivity contribution is -0.153. The lowest BCUT2D eigenvalue weighted by Gasteiger charge is -2.26. The number of benzene rings is 1. The third kappa shape index (κ3) is 16.4. The van der Waals surface area contributed by atoms with Crippen LogP contribution >= 0.6 is 0 Å². The van der Waals surface area contributed by atoms with Crippen LogP contribution in [0.25, 0.3) is 0 Å². The van der Waals surface area contributed by atoms with E-state index in [4.69, 9.17) is 4.74 Å². The Hall–Kier alpha value is -6.86. The molecule has 24 nitrogen and oxygen atoms in total. The summed E-state index contributed by atoms with van der Waals surface area (Å²) < 4.78 is 32.6. The lowest BCUT2D eigenvalue weighted by atomic mass is 10.1. The van der Waals surface area contributed by atoms with Gasteiger partial charge in [0, 0.05) is 76.3 Å². The second-order valence-electron chi connectivity index (χ2n) is 14.5. The Kier molecular flexibility index (Phi) is 18.8. The number of nitrogens with one attached hydrogen (secondary N) is 6. The van der Waals surface area contributed by atoms with Crippen LogP contribution in [0.15, 0.2) is 54.6 Å². The molecule has 2 atom stereocenters.